The molecule has 1 aromatic rings. The Morgan fingerprint density at radius 2 is 1.91 bits per heavy atom. The van der Waals surface area contributed by atoms with Gasteiger partial charge in [0, 0.05) is 16.0 Å². The monoisotopic (exact) mass is 364 g/mol. The van der Waals surface area contributed by atoms with Gasteiger partial charge in [0.15, 0.2) is 11.5 Å². The molecule has 3 aliphatic rings. The predicted octanol–water partition coefficient (Wildman–Crippen LogP) is 3.06. The molecule has 0 aromatic heterocycles. The molecule has 0 spiro atoms. The largest absolute Gasteiger partial charge is 0.454 e. The van der Waals surface area contributed by atoms with Gasteiger partial charge in [-0.25, -0.2) is 5.43 Å². The first-order chi connectivity index (χ1) is 10.7. The van der Waals surface area contributed by atoms with Crippen molar-refractivity contribution >= 4 is 28.1 Å². The maximum absolute atomic E-state index is 12.2. The highest BCUT2D eigenvalue weighted by atomic mass is 79.9. The minimum Gasteiger partial charge on any atom is -0.454 e. The number of hydrazone groups is 1. The molecule has 2 aliphatic carbocycles. The van der Waals surface area contributed by atoms with Gasteiger partial charge in [-0.15, -0.1) is 0 Å². The SMILES string of the molecule is O=C(N/N=C/c1cc2c(cc1Br)OCO2)C1C2CCCCC21. The number of fused-ring (bicyclic) bond motifs is 2. The molecule has 0 saturated heterocycles. The van der Waals surface area contributed by atoms with E-state index in [-0.39, 0.29) is 18.6 Å². The topological polar surface area (TPSA) is 59.9 Å². The van der Waals surface area contributed by atoms with E-state index in [2.05, 4.69) is 26.5 Å². The summed E-state index contributed by atoms with van der Waals surface area (Å²) < 4.78 is 11.5. The summed E-state index contributed by atoms with van der Waals surface area (Å²) in [5.41, 5.74) is 3.53. The van der Waals surface area contributed by atoms with Gasteiger partial charge in [-0.3, -0.25) is 4.79 Å². The Hall–Kier alpha value is -1.56. The highest BCUT2D eigenvalue weighted by molar-refractivity contribution is 9.10. The molecule has 2 saturated carbocycles. The van der Waals surface area contributed by atoms with Crippen LogP contribution in [0.1, 0.15) is 31.2 Å². The van der Waals surface area contributed by atoms with E-state index >= 15 is 0 Å². The second-order valence-electron chi connectivity index (χ2n) is 6.10. The van der Waals surface area contributed by atoms with Gasteiger partial charge >= 0.3 is 0 Å². The summed E-state index contributed by atoms with van der Waals surface area (Å²) in [6.45, 7) is 0.240. The average molecular weight is 365 g/mol. The van der Waals surface area contributed by atoms with Crippen molar-refractivity contribution in [2.75, 3.05) is 6.79 Å². The highest BCUT2D eigenvalue weighted by Crippen LogP contribution is 2.55. The van der Waals surface area contributed by atoms with Gasteiger partial charge in [-0.2, -0.15) is 5.10 Å². The van der Waals surface area contributed by atoms with Crippen LogP contribution in [0.5, 0.6) is 11.5 Å². The Morgan fingerprint density at radius 3 is 2.64 bits per heavy atom. The van der Waals surface area contributed by atoms with Gasteiger partial charge in [0.25, 0.3) is 0 Å². The van der Waals surface area contributed by atoms with E-state index in [4.69, 9.17) is 9.47 Å². The predicted molar refractivity (Wildman–Crippen MR) is 84.9 cm³/mol. The minimum absolute atomic E-state index is 0.0602. The number of benzene rings is 1. The zero-order valence-corrected chi connectivity index (χ0v) is 13.6. The van der Waals surface area contributed by atoms with Crippen LogP contribution < -0.4 is 14.9 Å². The molecule has 1 heterocycles. The first-order valence-corrected chi connectivity index (χ1v) is 8.45. The number of halogens is 1. The van der Waals surface area contributed by atoms with Crippen molar-refractivity contribution in [1.82, 2.24) is 5.43 Å². The number of carbonyl (C=O) groups excluding carboxylic acids is 1. The summed E-state index contributed by atoms with van der Waals surface area (Å²) in [4.78, 5) is 12.2. The van der Waals surface area contributed by atoms with Crippen molar-refractivity contribution < 1.29 is 14.3 Å². The number of nitrogens with zero attached hydrogens (tertiary/aromatic N) is 1. The number of hydrogen-bond acceptors (Lipinski definition) is 4. The van der Waals surface area contributed by atoms with Crippen molar-refractivity contribution in [3.05, 3.63) is 22.2 Å². The van der Waals surface area contributed by atoms with Crippen LogP contribution in [-0.2, 0) is 4.79 Å². The Kier molecular flexibility index (Phi) is 3.56. The molecule has 1 N–H and O–H groups in total. The van der Waals surface area contributed by atoms with E-state index in [9.17, 15) is 4.79 Å². The lowest BCUT2D eigenvalue weighted by Crippen LogP contribution is -2.20. The number of nitrogens with one attached hydrogen (secondary N) is 1. The van der Waals surface area contributed by atoms with Crippen LogP contribution in [0, 0.1) is 17.8 Å². The normalized spacial score (nSPS) is 28.5. The van der Waals surface area contributed by atoms with Crippen LogP contribution in [0.2, 0.25) is 0 Å². The van der Waals surface area contributed by atoms with Crippen LogP contribution in [-0.4, -0.2) is 18.9 Å². The minimum atomic E-state index is 0.0602. The van der Waals surface area contributed by atoms with Gasteiger partial charge in [-0.05, 0) is 52.7 Å². The number of rotatable bonds is 3. The lowest BCUT2D eigenvalue weighted by atomic mass is 10.0. The first kappa shape index (κ1) is 14.1. The van der Waals surface area contributed by atoms with Crippen LogP contribution in [0.15, 0.2) is 21.7 Å². The van der Waals surface area contributed by atoms with E-state index in [1.54, 1.807) is 6.21 Å². The Morgan fingerprint density at radius 1 is 1.23 bits per heavy atom. The number of hydrogen-bond donors (Lipinski definition) is 1. The molecule has 116 valence electrons. The third-order valence-electron chi connectivity index (χ3n) is 4.83. The summed E-state index contributed by atoms with van der Waals surface area (Å²) in [6.07, 6.45) is 6.55. The molecule has 0 radical (unpaired) electrons. The molecule has 1 aliphatic heterocycles. The third-order valence-corrected chi connectivity index (χ3v) is 5.52. The van der Waals surface area contributed by atoms with Crippen molar-refractivity contribution in [1.29, 1.82) is 0 Å². The van der Waals surface area contributed by atoms with Crippen LogP contribution >= 0.6 is 15.9 Å². The molecule has 1 amide bonds. The fourth-order valence-corrected chi connectivity index (χ4v) is 4.08. The first-order valence-electron chi connectivity index (χ1n) is 7.66. The summed E-state index contributed by atoms with van der Waals surface area (Å²) in [5.74, 6) is 2.85. The van der Waals surface area contributed by atoms with Crippen molar-refractivity contribution in [3.63, 3.8) is 0 Å². The molecule has 2 unspecified atom stereocenters. The number of carbonyl (C=O) groups is 1. The van der Waals surface area contributed by atoms with Crippen molar-refractivity contribution in [3.8, 4) is 11.5 Å². The smallest absolute Gasteiger partial charge is 0.243 e. The van der Waals surface area contributed by atoms with E-state index in [1.165, 1.54) is 25.7 Å². The molecule has 1 aromatic carbocycles. The van der Waals surface area contributed by atoms with Crippen molar-refractivity contribution in [2.24, 2.45) is 22.9 Å². The molecule has 22 heavy (non-hydrogen) atoms. The summed E-state index contributed by atoms with van der Waals surface area (Å²) in [7, 11) is 0. The molecule has 2 atom stereocenters. The second kappa shape index (κ2) is 5.57. The third kappa shape index (κ3) is 2.49. The molecule has 2 fully saturated rings. The molecule has 4 rings (SSSR count). The molecular formula is C16H17BrN2O3. The molecular weight excluding hydrogens is 348 g/mol. The maximum Gasteiger partial charge on any atom is 0.243 e. The summed E-state index contributed by atoms with van der Waals surface area (Å²) in [5, 5.41) is 4.10. The van der Waals surface area contributed by atoms with Gasteiger partial charge in [-0.1, -0.05) is 12.8 Å². The molecule has 5 nitrogen and oxygen atoms in total. The van der Waals surface area contributed by atoms with Gasteiger partial charge in [0.2, 0.25) is 12.7 Å². The van der Waals surface area contributed by atoms with Crippen LogP contribution in [0.4, 0.5) is 0 Å². The maximum atomic E-state index is 12.2. The van der Waals surface area contributed by atoms with E-state index in [0.29, 0.717) is 17.6 Å². The van der Waals surface area contributed by atoms with Gasteiger partial charge in [0.05, 0.1) is 6.21 Å². The number of amides is 1. The van der Waals surface area contributed by atoms with Gasteiger partial charge < -0.3 is 9.47 Å². The molecule has 0 bridgehead atoms. The zero-order valence-electron chi connectivity index (χ0n) is 12.0. The second-order valence-corrected chi connectivity index (χ2v) is 6.95. The van der Waals surface area contributed by atoms with E-state index in [0.717, 1.165) is 15.8 Å². The lowest BCUT2D eigenvalue weighted by Gasteiger charge is -2.04. The Labute approximate surface area is 137 Å². The van der Waals surface area contributed by atoms with E-state index < -0.39 is 0 Å². The average Bonchev–Trinajstić information content (AvgIpc) is 3.09. The zero-order chi connectivity index (χ0) is 15.1. The van der Waals surface area contributed by atoms with Crippen LogP contribution in [0.25, 0.3) is 0 Å². The number of ether oxygens (including phenoxy) is 2. The van der Waals surface area contributed by atoms with Gasteiger partial charge in [0.1, 0.15) is 0 Å². The summed E-state index contributed by atoms with van der Waals surface area (Å²) >= 11 is 3.47. The van der Waals surface area contributed by atoms with Crippen molar-refractivity contribution in [2.45, 2.75) is 25.7 Å². The summed E-state index contributed by atoms with van der Waals surface area (Å²) in [6, 6.07) is 3.69. The highest BCUT2D eigenvalue weighted by Gasteiger charge is 2.54. The quantitative estimate of drug-likeness (QED) is 0.662. The van der Waals surface area contributed by atoms with E-state index in [1.807, 2.05) is 12.1 Å². The van der Waals surface area contributed by atoms with Crippen LogP contribution in [0.3, 0.4) is 0 Å². The Bertz CT molecular complexity index is 635. The lowest BCUT2D eigenvalue weighted by molar-refractivity contribution is -0.122. The Balaban J connectivity index is 1.39. The standard InChI is InChI=1S/C16H17BrN2O3/c17-12-6-14-13(21-8-22-14)5-9(12)7-18-19-16(20)15-10-3-1-2-4-11(10)15/h5-7,10-11,15H,1-4,8H2,(H,19,20)/b18-7+. The fourth-order valence-electron chi connectivity index (χ4n) is 3.65. The fraction of sp³-hybridized carbons (Fsp3) is 0.500. The molecule has 6 heteroatoms.